The Morgan fingerprint density at radius 1 is 1.48 bits per heavy atom. The van der Waals surface area contributed by atoms with Crippen LogP contribution in [0.4, 0.5) is 0 Å². The van der Waals surface area contributed by atoms with Crippen LogP contribution in [0.2, 0.25) is 0 Å². The van der Waals surface area contributed by atoms with Gasteiger partial charge in [0.1, 0.15) is 11.6 Å². The SMILES string of the molecule is COc1ncccc1C(=O)N1CCCC(C)(C)C1C(=O)O. The average molecular weight is 292 g/mol. The highest BCUT2D eigenvalue weighted by atomic mass is 16.5. The average Bonchev–Trinajstić information content (AvgIpc) is 2.44. The van der Waals surface area contributed by atoms with Gasteiger partial charge in [0.15, 0.2) is 0 Å². The molecule has 0 saturated carbocycles. The van der Waals surface area contributed by atoms with E-state index in [1.54, 1.807) is 12.1 Å². The summed E-state index contributed by atoms with van der Waals surface area (Å²) in [5, 5.41) is 9.53. The third-order valence-electron chi connectivity index (χ3n) is 3.96. The van der Waals surface area contributed by atoms with Crippen molar-refractivity contribution in [3.63, 3.8) is 0 Å². The van der Waals surface area contributed by atoms with E-state index in [0.29, 0.717) is 12.1 Å². The Morgan fingerprint density at radius 2 is 2.19 bits per heavy atom. The fourth-order valence-electron chi connectivity index (χ4n) is 2.95. The van der Waals surface area contributed by atoms with Gasteiger partial charge in [-0.25, -0.2) is 9.78 Å². The molecule has 1 atom stereocenters. The lowest BCUT2D eigenvalue weighted by molar-refractivity contribution is -0.148. The molecule has 1 N–H and O–H groups in total. The van der Waals surface area contributed by atoms with Gasteiger partial charge in [0.25, 0.3) is 5.91 Å². The van der Waals surface area contributed by atoms with Gasteiger partial charge < -0.3 is 14.7 Å². The lowest BCUT2D eigenvalue weighted by Gasteiger charge is -2.44. The van der Waals surface area contributed by atoms with Crippen LogP contribution in [-0.4, -0.2) is 46.6 Å². The van der Waals surface area contributed by atoms with Crippen molar-refractivity contribution < 1.29 is 19.4 Å². The number of aliphatic carboxylic acids is 1. The summed E-state index contributed by atoms with van der Waals surface area (Å²) in [7, 11) is 1.44. The Kier molecular flexibility index (Phi) is 4.16. The van der Waals surface area contributed by atoms with E-state index in [1.807, 2.05) is 13.8 Å². The maximum Gasteiger partial charge on any atom is 0.326 e. The first-order chi connectivity index (χ1) is 9.88. The van der Waals surface area contributed by atoms with E-state index >= 15 is 0 Å². The molecule has 0 spiro atoms. The summed E-state index contributed by atoms with van der Waals surface area (Å²) in [6.07, 6.45) is 3.09. The van der Waals surface area contributed by atoms with Crippen LogP contribution in [0.25, 0.3) is 0 Å². The van der Waals surface area contributed by atoms with Crippen molar-refractivity contribution in [3.05, 3.63) is 23.9 Å². The van der Waals surface area contributed by atoms with Crippen molar-refractivity contribution in [1.29, 1.82) is 0 Å². The van der Waals surface area contributed by atoms with Crippen LogP contribution < -0.4 is 4.74 Å². The first-order valence-electron chi connectivity index (χ1n) is 6.91. The Balaban J connectivity index is 2.38. The summed E-state index contributed by atoms with van der Waals surface area (Å²) in [5.74, 6) is -1.11. The van der Waals surface area contributed by atoms with E-state index in [1.165, 1.54) is 18.2 Å². The molecule has 2 heterocycles. The van der Waals surface area contributed by atoms with Crippen LogP contribution >= 0.6 is 0 Å². The number of nitrogens with zero attached hydrogens (tertiary/aromatic N) is 2. The Hall–Kier alpha value is -2.11. The summed E-state index contributed by atoms with van der Waals surface area (Å²) < 4.78 is 5.10. The number of carboxylic acid groups (broad SMARTS) is 1. The van der Waals surface area contributed by atoms with Crippen LogP contribution in [0.15, 0.2) is 18.3 Å². The molecule has 1 fully saturated rings. The molecule has 6 heteroatoms. The Labute approximate surface area is 123 Å². The number of carbonyl (C=O) groups is 2. The van der Waals surface area contributed by atoms with Crippen LogP contribution in [0, 0.1) is 5.41 Å². The lowest BCUT2D eigenvalue weighted by Crippen LogP contribution is -2.56. The third-order valence-corrected chi connectivity index (χ3v) is 3.96. The van der Waals surface area contributed by atoms with Crippen molar-refractivity contribution in [2.75, 3.05) is 13.7 Å². The van der Waals surface area contributed by atoms with Crippen molar-refractivity contribution in [1.82, 2.24) is 9.88 Å². The lowest BCUT2D eigenvalue weighted by atomic mass is 9.76. The predicted octanol–water partition coefficient (Wildman–Crippen LogP) is 1.81. The molecule has 1 aliphatic heterocycles. The first kappa shape index (κ1) is 15.3. The number of methoxy groups -OCH3 is 1. The Bertz CT molecular complexity index is 556. The topological polar surface area (TPSA) is 79.7 Å². The zero-order valence-electron chi connectivity index (χ0n) is 12.5. The van der Waals surface area contributed by atoms with Crippen molar-refractivity contribution in [3.8, 4) is 5.88 Å². The minimum atomic E-state index is -0.976. The number of aromatic nitrogens is 1. The van der Waals surface area contributed by atoms with E-state index in [4.69, 9.17) is 4.74 Å². The molecule has 2 rings (SSSR count). The molecule has 0 radical (unpaired) electrons. The Morgan fingerprint density at radius 3 is 2.81 bits per heavy atom. The zero-order chi connectivity index (χ0) is 15.6. The monoisotopic (exact) mass is 292 g/mol. The molecular formula is C15H20N2O4. The van der Waals surface area contributed by atoms with Gasteiger partial charge in [-0.15, -0.1) is 0 Å². The molecule has 1 saturated heterocycles. The van der Waals surface area contributed by atoms with Crippen LogP contribution in [0.3, 0.4) is 0 Å². The molecule has 1 aliphatic rings. The fraction of sp³-hybridized carbons (Fsp3) is 0.533. The summed E-state index contributed by atoms with van der Waals surface area (Å²) in [6.45, 7) is 4.19. The van der Waals surface area contributed by atoms with E-state index in [9.17, 15) is 14.7 Å². The fourth-order valence-corrected chi connectivity index (χ4v) is 2.95. The van der Waals surface area contributed by atoms with E-state index in [0.717, 1.165) is 12.8 Å². The molecule has 1 aromatic heterocycles. The van der Waals surface area contributed by atoms with Gasteiger partial charge in [0.05, 0.1) is 7.11 Å². The van der Waals surface area contributed by atoms with Gasteiger partial charge in [-0.05, 0) is 30.4 Å². The van der Waals surface area contributed by atoms with Crippen molar-refractivity contribution in [2.24, 2.45) is 5.41 Å². The number of carboxylic acids is 1. The number of ether oxygens (including phenoxy) is 1. The van der Waals surface area contributed by atoms with Gasteiger partial charge in [-0.2, -0.15) is 0 Å². The largest absolute Gasteiger partial charge is 0.480 e. The van der Waals surface area contributed by atoms with Crippen molar-refractivity contribution in [2.45, 2.75) is 32.7 Å². The highest BCUT2D eigenvalue weighted by molar-refractivity contribution is 5.98. The number of hydrogen-bond acceptors (Lipinski definition) is 4. The second kappa shape index (κ2) is 5.71. The number of hydrogen-bond donors (Lipinski definition) is 1. The summed E-state index contributed by atoms with van der Waals surface area (Å²) >= 11 is 0. The third kappa shape index (κ3) is 2.84. The van der Waals surface area contributed by atoms with Crippen LogP contribution in [0.1, 0.15) is 37.0 Å². The smallest absolute Gasteiger partial charge is 0.326 e. The molecule has 114 valence electrons. The molecule has 1 unspecified atom stereocenters. The zero-order valence-corrected chi connectivity index (χ0v) is 12.5. The normalized spacial score (nSPS) is 20.9. The molecule has 1 amide bonds. The maximum atomic E-state index is 12.7. The highest BCUT2D eigenvalue weighted by Crippen LogP contribution is 2.36. The van der Waals surface area contributed by atoms with Gasteiger partial charge in [-0.3, -0.25) is 4.79 Å². The van der Waals surface area contributed by atoms with Gasteiger partial charge in [-0.1, -0.05) is 13.8 Å². The number of rotatable bonds is 3. The first-order valence-corrected chi connectivity index (χ1v) is 6.91. The number of carbonyl (C=O) groups excluding carboxylic acids is 1. The minimum absolute atomic E-state index is 0.218. The molecule has 0 aromatic carbocycles. The quantitative estimate of drug-likeness (QED) is 0.919. The number of pyridine rings is 1. The van der Waals surface area contributed by atoms with Gasteiger partial charge in [0, 0.05) is 12.7 Å². The van der Waals surface area contributed by atoms with E-state index in [2.05, 4.69) is 4.98 Å². The summed E-state index contributed by atoms with van der Waals surface area (Å²) in [4.78, 5) is 29.8. The molecular weight excluding hydrogens is 272 g/mol. The summed E-state index contributed by atoms with van der Waals surface area (Å²) in [5.41, 5.74) is -0.168. The van der Waals surface area contributed by atoms with E-state index < -0.39 is 17.4 Å². The minimum Gasteiger partial charge on any atom is -0.480 e. The molecule has 0 aliphatic carbocycles. The van der Waals surface area contributed by atoms with Gasteiger partial charge >= 0.3 is 5.97 Å². The van der Waals surface area contributed by atoms with E-state index in [-0.39, 0.29) is 11.8 Å². The van der Waals surface area contributed by atoms with Crippen LogP contribution in [0.5, 0.6) is 5.88 Å². The van der Waals surface area contributed by atoms with Crippen molar-refractivity contribution >= 4 is 11.9 Å². The number of piperidine rings is 1. The summed E-state index contributed by atoms with van der Waals surface area (Å²) in [6, 6.07) is 2.40. The highest BCUT2D eigenvalue weighted by Gasteiger charge is 2.45. The standard InChI is InChI=1S/C15H20N2O4/c1-15(2)7-5-9-17(11(15)14(19)20)13(18)10-6-4-8-16-12(10)21-3/h4,6,8,11H,5,7,9H2,1-3H3,(H,19,20). The second-order valence-corrected chi connectivity index (χ2v) is 5.89. The van der Waals surface area contributed by atoms with Gasteiger partial charge in [0.2, 0.25) is 5.88 Å². The second-order valence-electron chi connectivity index (χ2n) is 5.89. The number of amides is 1. The molecule has 0 bridgehead atoms. The molecule has 6 nitrogen and oxygen atoms in total. The molecule has 1 aromatic rings. The molecule has 21 heavy (non-hydrogen) atoms. The predicted molar refractivity (Wildman–Crippen MR) is 76.3 cm³/mol. The maximum absolute atomic E-state index is 12.7. The number of likely N-dealkylation sites (tertiary alicyclic amines) is 1. The van der Waals surface area contributed by atoms with Crippen LogP contribution in [-0.2, 0) is 4.79 Å².